The second-order valence-corrected chi connectivity index (χ2v) is 5.17. The van der Waals surface area contributed by atoms with Crippen LogP contribution >= 0.6 is 22.6 Å². The third-order valence-electron chi connectivity index (χ3n) is 2.54. The van der Waals surface area contributed by atoms with Crippen molar-refractivity contribution in [2.45, 2.75) is 19.5 Å². The van der Waals surface area contributed by atoms with Gasteiger partial charge in [-0.2, -0.15) is 5.10 Å². The Hall–Kier alpha value is -0.880. The fraction of sp³-hybridized carbons (Fsp3) is 0.308. The first-order chi connectivity index (χ1) is 8.34. The van der Waals surface area contributed by atoms with Gasteiger partial charge in [-0.05, 0) is 59.3 Å². The van der Waals surface area contributed by atoms with Gasteiger partial charge in [-0.1, -0.05) is 12.1 Å². The van der Waals surface area contributed by atoms with E-state index in [-0.39, 0.29) is 0 Å². The van der Waals surface area contributed by atoms with E-state index in [1.165, 1.54) is 9.13 Å². The highest BCUT2D eigenvalue weighted by molar-refractivity contribution is 14.1. The highest BCUT2D eigenvalue weighted by Crippen LogP contribution is 2.06. The van der Waals surface area contributed by atoms with Gasteiger partial charge >= 0.3 is 0 Å². The van der Waals surface area contributed by atoms with E-state index in [9.17, 15) is 0 Å². The SMILES string of the molecule is Ic1ccc(CNCCCn2cccn2)cc1. The molecule has 0 bridgehead atoms. The standard InChI is InChI=1S/C13H16IN3/c14-13-5-3-12(4-6-13)11-15-7-1-9-17-10-2-8-16-17/h2-6,8,10,15H,1,7,9,11H2. The lowest BCUT2D eigenvalue weighted by molar-refractivity contribution is 0.543. The second-order valence-electron chi connectivity index (χ2n) is 3.93. The van der Waals surface area contributed by atoms with E-state index >= 15 is 0 Å². The molecule has 1 aromatic heterocycles. The molecule has 2 aromatic rings. The number of aromatic nitrogens is 2. The molecular weight excluding hydrogens is 325 g/mol. The summed E-state index contributed by atoms with van der Waals surface area (Å²) in [6.07, 6.45) is 4.92. The quantitative estimate of drug-likeness (QED) is 0.647. The Labute approximate surface area is 115 Å². The van der Waals surface area contributed by atoms with Crippen LogP contribution in [0.25, 0.3) is 0 Å². The Kier molecular flexibility index (Phi) is 5.00. The molecule has 90 valence electrons. The molecule has 0 aliphatic heterocycles. The summed E-state index contributed by atoms with van der Waals surface area (Å²) in [5, 5.41) is 7.61. The lowest BCUT2D eigenvalue weighted by Gasteiger charge is -2.05. The molecule has 0 aliphatic rings. The first kappa shape index (κ1) is 12.6. The summed E-state index contributed by atoms with van der Waals surface area (Å²) in [4.78, 5) is 0. The van der Waals surface area contributed by atoms with Crippen molar-refractivity contribution in [3.05, 3.63) is 51.9 Å². The van der Waals surface area contributed by atoms with E-state index in [0.717, 1.165) is 26.1 Å². The van der Waals surface area contributed by atoms with Crippen molar-refractivity contribution >= 4 is 22.6 Å². The van der Waals surface area contributed by atoms with E-state index in [0.29, 0.717) is 0 Å². The second kappa shape index (κ2) is 6.76. The van der Waals surface area contributed by atoms with Crippen molar-refractivity contribution in [3.8, 4) is 0 Å². The Bertz CT molecular complexity index is 422. The minimum Gasteiger partial charge on any atom is -0.313 e. The first-order valence-corrected chi connectivity index (χ1v) is 6.85. The van der Waals surface area contributed by atoms with Gasteiger partial charge in [0.15, 0.2) is 0 Å². The molecule has 17 heavy (non-hydrogen) atoms. The fourth-order valence-electron chi connectivity index (χ4n) is 1.63. The van der Waals surface area contributed by atoms with Gasteiger partial charge < -0.3 is 5.32 Å². The molecule has 1 heterocycles. The minimum atomic E-state index is 0.941. The monoisotopic (exact) mass is 341 g/mol. The van der Waals surface area contributed by atoms with Crippen LogP contribution in [-0.2, 0) is 13.1 Å². The number of nitrogens with one attached hydrogen (secondary N) is 1. The summed E-state index contributed by atoms with van der Waals surface area (Å²) < 4.78 is 3.25. The van der Waals surface area contributed by atoms with Crippen molar-refractivity contribution in [3.63, 3.8) is 0 Å². The molecule has 0 aliphatic carbocycles. The van der Waals surface area contributed by atoms with Gasteiger partial charge in [0.25, 0.3) is 0 Å². The summed E-state index contributed by atoms with van der Waals surface area (Å²) in [6, 6.07) is 10.6. The van der Waals surface area contributed by atoms with Crippen molar-refractivity contribution in [2.75, 3.05) is 6.54 Å². The van der Waals surface area contributed by atoms with Gasteiger partial charge in [0.05, 0.1) is 0 Å². The average molecular weight is 341 g/mol. The molecule has 3 nitrogen and oxygen atoms in total. The molecule has 0 radical (unpaired) electrons. The summed E-state index contributed by atoms with van der Waals surface area (Å²) in [5.41, 5.74) is 1.34. The van der Waals surface area contributed by atoms with E-state index in [1.807, 2.05) is 23.1 Å². The molecular formula is C13H16IN3. The van der Waals surface area contributed by atoms with Gasteiger partial charge in [-0.3, -0.25) is 4.68 Å². The topological polar surface area (TPSA) is 29.9 Å². The van der Waals surface area contributed by atoms with Crippen LogP contribution in [0.15, 0.2) is 42.7 Å². The summed E-state index contributed by atoms with van der Waals surface area (Å²) in [5.74, 6) is 0. The minimum absolute atomic E-state index is 0.941. The Morgan fingerprint density at radius 1 is 1.24 bits per heavy atom. The van der Waals surface area contributed by atoms with Crippen LogP contribution in [0.4, 0.5) is 0 Å². The lowest BCUT2D eigenvalue weighted by Crippen LogP contribution is -2.16. The molecule has 0 amide bonds. The van der Waals surface area contributed by atoms with E-state index < -0.39 is 0 Å². The number of rotatable bonds is 6. The molecule has 1 N–H and O–H groups in total. The maximum absolute atomic E-state index is 4.17. The fourth-order valence-corrected chi connectivity index (χ4v) is 1.99. The molecule has 0 atom stereocenters. The molecule has 1 aromatic carbocycles. The lowest BCUT2D eigenvalue weighted by atomic mass is 10.2. The molecule has 4 heteroatoms. The number of benzene rings is 1. The highest BCUT2D eigenvalue weighted by Gasteiger charge is 1.94. The van der Waals surface area contributed by atoms with Gasteiger partial charge in [0, 0.05) is 29.1 Å². The largest absolute Gasteiger partial charge is 0.313 e. The molecule has 0 fully saturated rings. The predicted molar refractivity (Wildman–Crippen MR) is 77.7 cm³/mol. The molecule has 0 saturated heterocycles. The van der Waals surface area contributed by atoms with Crippen LogP contribution in [0.1, 0.15) is 12.0 Å². The van der Waals surface area contributed by atoms with Crippen LogP contribution in [0.2, 0.25) is 0 Å². The average Bonchev–Trinajstić information content (AvgIpc) is 2.84. The van der Waals surface area contributed by atoms with Gasteiger partial charge in [-0.25, -0.2) is 0 Å². The first-order valence-electron chi connectivity index (χ1n) is 5.77. The summed E-state index contributed by atoms with van der Waals surface area (Å²) in [7, 11) is 0. The van der Waals surface area contributed by atoms with Crippen molar-refractivity contribution in [1.29, 1.82) is 0 Å². The Morgan fingerprint density at radius 2 is 2.06 bits per heavy atom. The van der Waals surface area contributed by atoms with Crippen LogP contribution < -0.4 is 5.32 Å². The Morgan fingerprint density at radius 3 is 2.76 bits per heavy atom. The number of hydrogen-bond donors (Lipinski definition) is 1. The predicted octanol–water partition coefficient (Wildman–Crippen LogP) is 2.67. The highest BCUT2D eigenvalue weighted by atomic mass is 127. The van der Waals surface area contributed by atoms with Crippen LogP contribution in [0, 0.1) is 3.57 Å². The normalized spacial score (nSPS) is 10.6. The van der Waals surface area contributed by atoms with Crippen LogP contribution in [-0.4, -0.2) is 16.3 Å². The molecule has 0 saturated carbocycles. The van der Waals surface area contributed by atoms with Crippen molar-refractivity contribution in [1.82, 2.24) is 15.1 Å². The zero-order valence-corrected chi connectivity index (χ0v) is 11.8. The molecule has 2 rings (SSSR count). The smallest absolute Gasteiger partial charge is 0.0489 e. The van der Waals surface area contributed by atoms with E-state index in [1.54, 1.807) is 0 Å². The Balaban J connectivity index is 1.61. The zero-order chi connectivity index (χ0) is 11.9. The number of aryl methyl sites for hydroxylation is 1. The zero-order valence-electron chi connectivity index (χ0n) is 9.64. The number of halogens is 1. The summed E-state index contributed by atoms with van der Waals surface area (Å²) in [6.45, 7) is 2.94. The van der Waals surface area contributed by atoms with Gasteiger partial charge in [-0.15, -0.1) is 0 Å². The third-order valence-corrected chi connectivity index (χ3v) is 3.26. The summed E-state index contributed by atoms with van der Waals surface area (Å²) >= 11 is 2.32. The molecule has 0 spiro atoms. The van der Waals surface area contributed by atoms with Crippen LogP contribution in [0.3, 0.4) is 0 Å². The maximum Gasteiger partial charge on any atom is 0.0489 e. The van der Waals surface area contributed by atoms with Crippen molar-refractivity contribution in [2.24, 2.45) is 0 Å². The van der Waals surface area contributed by atoms with E-state index in [2.05, 4.69) is 57.3 Å². The molecule has 0 unspecified atom stereocenters. The van der Waals surface area contributed by atoms with E-state index in [4.69, 9.17) is 0 Å². The van der Waals surface area contributed by atoms with Crippen molar-refractivity contribution < 1.29 is 0 Å². The number of hydrogen-bond acceptors (Lipinski definition) is 2. The third kappa shape index (κ3) is 4.47. The van der Waals surface area contributed by atoms with Gasteiger partial charge in [0.2, 0.25) is 0 Å². The maximum atomic E-state index is 4.17. The number of nitrogens with zero attached hydrogens (tertiary/aromatic N) is 2. The van der Waals surface area contributed by atoms with Crippen LogP contribution in [0.5, 0.6) is 0 Å². The van der Waals surface area contributed by atoms with Gasteiger partial charge in [0.1, 0.15) is 0 Å².